The highest BCUT2D eigenvalue weighted by molar-refractivity contribution is 6.30. The van der Waals surface area contributed by atoms with Gasteiger partial charge < -0.3 is 15.5 Å². The van der Waals surface area contributed by atoms with E-state index in [0.717, 1.165) is 18.8 Å². The molecular weight excluding hydrogens is 262 g/mol. The van der Waals surface area contributed by atoms with Crippen LogP contribution in [-0.4, -0.2) is 43.5 Å². The maximum absolute atomic E-state index is 11.7. The summed E-state index contributed by atoms with van der Waals surface area (Å²) in [6, 6.07) is 7.72. The zero-order valence-corrected chi connectivity index (χ0v) is 11.9. The molecule has 0 aromatic heterocycles. The minimum Gasteiger partial charge on any atom is -0.325 e. The van der Waals surface area contributed by atoms with Gasteiger partial charge in [0.25, 0.3) is 0 Å². The Kier molecular flexibility index (Phi) is 5.19. The number of hydrogen-bond donors (Lipinski definition) is 2. The number of carbonyl (C=O) groups is 1. The van der Waals surface area contributed by atoms with Gasteiger partial charge in [-0.15, -0.1) is 0 Å². The Labute approximate surface area is 119 Å². The molecule has 2 N–H and O–H groups in total. The Morgan fingerprint density at radius 3 is 3.05 bits per heavy atom. The number of likely N-dealkylation sites (N-methyl/N-ethyl adjacent to an activating group) is 1. The maximum atomic E-state index is 11.7. The highest BCUT2D eigenvalue weighted by Crippen LogP contribution is 2.15. The van der Waals surface area contributed by atoms with Crippen LogP contribution in [0.1, 0.15) is 12.8 Å². The molecule has 0 spiro atoms. The monoisotopic (exact) mass is 281 g/mol. The predicted molar refractivity (Wildman–Crippen MR) is 78.6 cm³/mol. The van der Waals surface area contributed by atoms with Gasteiger partial charge in [-0.2, -0.15) is 0 Å². The number of halogens is 1. The van der Waals surface area contributed by atoms with Crippen molar-refractivity contribution in [2.75, 3.05) is 32.0 Å². The van der Waals surface area contributed by atoms with Crippen LogP contribution in [0, 0.1) is 0 Å². The molecule has 1 saturated heterocycles. The summed E-state index contributed by atoms with van der Waals surface area (Å²) in [5.41, 5.74) is 0.734. The molecule has 0 saturated carbocycles. The van der Waals surface area contributed by atoms with Crippen LogP contribution in [-0.2, 0) is 4.79 Å². The Balaban J connectivity index is 1.70. The number of hydrogen-bond acceptors (Lipinski definition) is 3. The number of nitrogens with zero attached hydrogens (tertiary/aromatic N) is 1. The van der Waals surface area contributed by atoms with Crippen molar-refractivity contribution in [1.29, 1.82) is 0 Å². The zero-order valence-electron chi connectivity index (χ0n) is 11.2. The van der Waals surface area contributed by atoms with E-state index in [9.17, 15) is 4.79 Å². The molecule has 1 aromatic carbocycles. The van der Waals surface area contributed by atoms with E-state index in [1.165, 1.54) is 12.8 Å². The molecule has 1 amide bonds. The highest BCUT2D eigenvalue weighted by atomic mass is 35.5. The summed E-state index contributed by atoms with van der Waals surface area (Å²) in [6.45, 7) is 2.34. The first-order valence-electron chi connectivity index (χ1n) is 6.61. The molecule has 19 heavy (non-hydrogen) atoms. The number of nitrogens with one attached hydrogen (secondary N) is 2. The molecule has 1 aliphatic heterocycles. The van der Waals surface area contributed by atoms with Crippen molar-refractivity contribution in [2.24, 2.45) is 0 Å². The van der Waals surface area contributed by atoms with Gasteiger partial charge in [-0.05, 0) is 44.6 Å². The number of rotatable bonds is 5. The topological polar surface area (TPSA) is 44.4 Å². The van der Waals surface area contributed by atoms with Crippen LogP contribution in [0.4, 0.5) is 5.69 Å². The lowest BCUT2D eigenvalue weighted by Crippen LogP contribution is -2.38. The molecule has 0 aliphatic carbocycles. The molecule has 5 heteroatoms. The molecular formula is C14H20ClN3O. The van der Waals surface area contributed by atoms with E-state index in [0.29, 0.717) is 17.6 Å². The van der Waals surface area contributed by atoms with E-state index in [4.69, 9.17) is 11.6 Å². The van der Waals surface area contributed by atoms with Gasteiger partial charge >= 0.3 is 0 Å². The maximum Gasteiger partial charge on any atom is 0.238 e. The van der Waals surface area contributed by atoms with Crippen LogP contribution < -0.4 is 10.6 Å². The molecule has 1 unspecified atom stereocenters. The molecule has 1 atom stereocenters. The Morgan fingerprint density at radius 2 is 2.37 bits per heavy atom. The number of anilines is 1. The number of likely N-dealkylation sites (tertiary alicyclic amines) is 1. The average molecular weight is 282 g/mol. The minimum atomic E-state index is -0.0390. The summed E-state index contributed by atoms with van der Waals surface area (Å²) >= 11 is 5.86. The predicted octanol–water partition coefficient (Wildman–Crippen LogP) is 1.96. The Bertz CT molecular complexity index is 438. The molecule has 104 valence electrons. The Hall–Kier alpha value is -1.10. The Morgan fingerprint density at radius 1 is 1.53 bits per heavy atom. The van der Waals surface area contributed by atoms with Gasteiger partial charge in [-0.3, -0.25) is 4.79 Å². The fraction of sp³-hybridized carbons (Fsp3) is 0.500. The summed E-state index contributed by atoms with van der Waals surface area (Å²) in [5.74, 6) is -0.0390. The van der Waals surface area contributed by atoms with Crippen molar-refractivity contribution >= 4 is 23.2 Å². The zero-order chi connectivity index (χ0) is 13.7. The SMILES string of the molecule is CN1CCCC1CNCC(=O)Nc1cccc(Cl)c1. The molecule has 4 nitrogen and oxygen atoms in total. The molecule has 1 heterocycles. The minimum absolute atomic E-state index is 0.0390. The molecule has 0 bridgehead atoms. The standard InChI is InChI=1S/C14H20ClN3O/c1-18-7-3-6-13(18)9-16-10-14(19)17-12-5-2-4-11(15)8-12/h2,4-5,8,13,16H,3,6-7,9-10H2,1H3,(H,17,19). The lowest BCUT2D eigenvalue weighted by Gasteiger charge is -2.19. The quantitative estimate of drug-likeness (QED) is 0.867. The lowest BCUT2D eigenvalue weighted by molar-refractivity contribution is -0.115. The van der Waals surface area contributed by atoms with E-state index < -0.39 is 0 Å². The number of benzene rings is 1. The second kappa shape index (κ2) is 6.89. The average Bonchev–Trinajstić information content (AvgIpc) is 2.75. The van der Waals surface area contributed by atoms with Crippen molar-refractivity contribution < 1.29 is 4.79 Å². The molecule has 0 radical (unpaired) electrons. The van der Waals surface area contributed by atoms with Crippen molar-refractivity contribution in [3.8, 4) is 0 Å². The van der Waals surface area contributed by atoms with E-state index in [-0.39, 0.29) is 5.91 Å². The summed E-state index contributed by atoms with van der Waals surface area (Å²) in [4.78, 5) is 14.1. The third-order valence-corrected chi connectivity index (χ3v) is 3.68. The van der Waals surface area contributed by atoms with Gasteiger partial charge in [-0.25, -0.2) is 0 Å². The van der Waals surface area contributed by atoms with Gasteiger partial charge in [-0.1, -0.05) is 17.7 Å². The first-order valence-corrected chi connectivity index (χ1v) is 6.99. The number of carbonyl (C=O) groups excluding carboxylic acids is 1. The summed E-state index contributed by atoms with van der Waals surface area (Å²) in [6.07, 6.45) is 2.46. The van der Waals surface area contributed by atoms with Gasteiger partial charge in [0.1, 0.15) is 0 Å². The van der Waals surface area contributed by atoms with Crippen LogP contribution in [0.25, 0.3) is 0 Å². The summed E-state index contributed by atoms with van der Waals surface area (Å²) in [7, 11) is 2.13. The fourth-order valence-corrected chi connectivity index (χ4v) is 2.55. The van der Waals surface area contributed by atoms with Crippen molar-refractivity contribution in [3.63, 3.8) is 0 Å². The van der Waals surface area contributed by atoms with Crippen molar-refractivity contribution in [2.45, 2.75) is 18.9 Å². The first-order chi connectivity index (χ1) is 9.15. The summed E-state index contributed by atoms with van der Waals surface area (Å²) < 4.78 is 0. The second-order valence-corrected chi connectivity index (χ2v) is 5.40. The van der Waals surface area contributed by atoms with E-state index in [1.54, 1.807) is 12.1 Å². The van der Waals surface area contributed by atoms with Crippen LogP contribution in [0.2, 0.25) is 5.02 Å². The van der Waals surface area contributed by atoms with Gasteiger partial charge in [0.2, 0.25) is 5.91 Å². The third-order valence-electron chi connectivity index (χ3n) is 3.45. The molecule has 1 aliphatic rings. The molecule has 2 rings (SSSR count). The molecule has 1 aromatic rings. The lowest BCUT2D eigenvalue weighted by atomic mass is 10.2. The fourth-order valence-electron chi connectivity index (χ4n) is 2.36. The van der Waals surface area contributed by atoms with E-state index in [2.05, 4.69) is 22.6 Å². The third kappa shape index (κ3) is 4.49. The second-order valence-electron chi connectivity index (χ2n) is 4.97. The summed E-state index contributed by atoms with van der Waals surface area (Å²) in [5, 5.41) is 6.65. The van der Waals surface area contributed by atoms with Gasteiger partial charge in [0, 0.05) is 23.3 Å². The normalized spacial score (nSPS) is 19.6. The van der Waals surface area contributed by atoms with Crippen LogP contribution >= 0.6 is 11.6 Å². The van der Waals surface area contributed by atoms with Crippen LogP contribution in [0.3, 0.4) is 0 Å². The smallest absolute Gasteiger partial charge is 0.238 e. The largest absolute Gasteiger partial charge is 0.325 e. The van der Waals surface area contributed by atoms with Crippen LogP contribution in [0.5, 0.6) is 0 Å². The van der Waals surface area contributed by atoms with Gasteiger partial charge in [0.05, 0.1) is 6.54 Å². The van der Waals surface area contributed by atoms with E-state index in [1.807, 2.05) is 12.1 Å². The van der Waals surface area contributed by atoms with E-state index >= 15 is 0 Å². The van der Waals surface area contributed by atoms with Crippen molar-refractivity contribution in [1.82, 2.24) is 10.2 Å². The number of amides is 1. The highest BCUT2D eigenvalue weighted by Gasteiger charge is 2.20. The molecule has 1 fully saturated rings. The first kappa shape index (κ1) is 14.3. The van der Waals surface area contributed by atoms with Gasteiger partial charge in [0.15, 0.2) is 0 Å². The van der Waals surface area contributed by atoms with Crippen molar-refractivity contribution in [3.05, 3.63) is 29.3 Å². The van der Waals surface area contributed by atoms with Crippen LogP contribution in [0.15, 0.2) is 24.3 Å².